The lowest BCUT2D eigenvalue weighted by molar-refractivity contribution is 0.621. The van der Waals surface area contributed by atoms with E-state index >= 15 is 0 Å². The van der Waals surface area contributed by atoms with Crippen LogP contribution in [0, 0.1) is 12.7 Å². The number of anilines is 1. The first-order valence-electron chi connectivity index (χ1n) is 6.51. The quantitative estimate of drug-likeness (QED) is 0.749. The largest absolute Gasteiger partial charge is 0.399 e. The number of hydrogen-bond acceptors (Lipinski definition) is 4. The number of aromatic nitrogens is 4. The van der Waals surface area contributed by atoms with Crippen molar-refractivity contribution in [1.82, 2.24) is 20.2 Å². The summed E-state index contributed by atoms with van der Waals surface area (Å²) in [7, 11) is 0. The number of nitrogens with two attached hydrogens (primary N) is 1. The first-order chi connectivity index (χ1) is 10.1. The molecule has 0 amide bonds. The molecule has 0 aliphatic rings. The Hall–Kier alpha value is -2.76. The molecule has 0 aliphatic carbocycles. The molecule has 0 fully saturated rings. The van der Waals surface area contributed by atoms with Gasteiger partial charge in [-0.3, -0.25) is 0 Å². The summed E-state index contributed by atoms with van der Waals surface area (Å²) < 4.78 is 15.6. The van der Waals surface area contributed by atoms with Gasteiger partial charge in [0, 0.05) is 5.69 Å². The van der Waals surface area contributed by atoms with E-state index in [9.17, 15) is 4.39 Å². The van der Waals surface area contributed by atoms with Crippen molar-refractivity contribution in [1.29, 1.82) is 0 Å². The maximum atomic E-state index is 14.0. The van der Waals surface area contributed by atoms with Gasteiger partial charge in [-0.05, 0) is 46.7 Å². The molecule has 0 saturated heterocycles. The van der Waals surface area contributed by atoms with Crippen LogP contribution in [0.4, 0.5) is 10.1 Å². The Morgan fingerprint density at radius 2 is 2.00 bits per heavy atom. The third-order valence-electron chi connectivity index (χ3n) is 3.35. The molecule has 0 radical (unpaired) electrons. The van der Waals surface area contributed by atoms with E-state index in [-0.39, 0.29) is 0 Å². The normalized spacial score (nSPS) is 10.8. The lowest BCUT2D eigenvalue weighted by atomic mass is 10.1. The zero-order chi connectivity index (χ0) is 14.8. The molecule has 0 saturated carbocycles. The average Bonchev–Trinajstić information content (AvgIpc) is 2.89. The molecule has 0 bridgehead atoms. The van der Waals surface area contributed by atoms with Crippen molar-refractivity contribution in [3.8, 4) is 11.4 Å². The van der Waals surface area contributed by atoms with E-state index in [1.54, 1.807) is 16.8 Å². The SMILES string of the molecule is Cc1ccccc1Cn1nnnc1-c1ccc(N)cc1F. The van der Waals surface area contributed by atoms with Crippen molar-refractivity contribution in [3.63, 3.8) is 0 Å². The number of rotatable bonds is 3. The molecule has 1 aromatic heterocycles. The molecule has 0 atom stereocenters. The number of nitrogens with zero attached hydrogens (tertiary/aromatic N) is 4. The highest BCUT2D eigenvalue weighted by Gasteiger charge is 2.14. The van der Waals surface area contributed by atoms with E-state index in [4.69, 9.17) is 5.73 Å². The van der Waals surface area contributed by atoms with Gasteiger partial charge < -0.3 is 5.73 Å². The molecule has 2 aromatic carbocycles. The van der Waals surface area contributed by atoms with E-state index in [2.05, 4.69) is 15.5 Å². The van der Waals surface area contributed by atoms with Gasteiger partial charge in [0.25, 0.3) is 0 Å². The predicted molar refractivity (Wildman–Crippen MR) is 77.9 cm³/mol. The highest BCUT2D eigenvalue weighted by molar-refractivity contribution is 5.59. The molecular formula is C15H14FN5. The Kier molecular flexibility index (Phi) is 3.35. The zero-order valence-corrected chi connectivity index (χ0v) is 11.5. The van der Waals surface area contributed by atoms with E-state index in [0.29, 0.717) is 23.6 Å². The van der Waals surface area contributed by atoms with E-state index in [1.807, 2.05) is 31.2 Å². The fourth-order valence-corrected chi connectivity index (χ4v) is 2.17. The second-order valence-electron chi connectivity index (χ2n) is 4.83. The number of benzene rings is 2. The number of nitrogen functional groups attached to an aromatic ring is 1. The fourth-order valence-electron chi connectivity index (χ4n) is 2.17. The highest BCUT2D eigenvalue weighted by atomic mass is 19.1. The average molecular weight is 283 g/mol. The molecule has 0 spiro atoms. The van der Waals surface area contributed by atoms with Gasteiger partial charge in [0.05, 0.1) is 12.1 Å². The van der Waals surface area contributed by atoms with Crippen LogP contribution in [0.5, 0.6) is 0 Å². The van der Waals surface area contributed by atoms with Gasteiger partial charge in [0.2, 0.25) is 0 Å². The molecule has 3 rings (SSSR count). The summed E-state index contributed by atoms with van der Waals surface area (Å²) in [6, 6.07) is 12.4. The second kappa shape index (κ2) is 5.32. The molecular weight excluding hydrogens is 269 g/mol. The Morgan fingerprint density at radius 3 is 2.76 bits per heavy atom. The molecule has 0 unspecified atom stereocenters. The van der Waals surface area contributed by atoms with E-state index in [0.717, 1.165) is 11.1 Å². The van der Waals surface area contributed by atoms with Crippen molar-refractivity contribution in [2.24, 2.45) is 0 Å². The van der Waals surface area contributed by atoms with Gasteiger partial charge in [0.1, 0.15) is 5.82 Å². The Balaban J connectivity index is 2.00. The van der Waals surface area contributed by atoms with E-state index in [1.165, 1.54) is 6.07 Å². The highest BCUT2D eigenvalue weighted by Crippen LogP contribution is 2.22. The van der Waals surface area contributed by atoms with Gasteiger partial charge in [0.15, 0.2) is 5.82 Å². The molecule has 2 N–H and O–H groups in total. The molecule has 3 aromatic rings. The predicted octanol–water partition coefficient (Wildman–Crippen LogP) is 2.42. The van der Waals surface area contributed by atoms with Gasteiger partial charge in [-0.25, -0.2) is 9.07 Å². The monoisotopic (exact) mass is 283 g/mol. The first kappa shape index (κ1) is 13.2. The van der Waals surface area contributed by atoms with Crippen LogP contribution >= 0.6 is 0 Å². The van der Waals surface area contributed by atoms with Crippen LogP contribution in [0.2, 0.25) is 0 Å². The van der Waals surface area contributed by atoms with Crippen LogP contribution in [0.25, 0.3) is 11.4 Å². The summed E-state index contributed by atoms with van der Waals surface area (Å²) in [6.07, 6.45) is 0. The van der Waals surface area contributed by atoms with Gasteiger partial charge in [-0.1, -0.05) is 24.3 Å². The van der Waals surface area contributed by atoms with Crippen LogP contribution < -0.4 is 5.73 Å². The number of halogens is 1. The number of hydrogen-bond donors (Lipinski definition) is 1. The summed E-state index contributed by atoms with van der Waals surface area (Å²) in [5.74, 6) is -0.0495. The first-order valence-corrected chi connectivity index (χ1v) is 6.51. The summed E-state index contributed by atoms with van der Waals surface area (Å²) in [6.45, 7) is 2.50. The van der Waals surface area contributed by atoms with E-state index < -0.39 is 5.82 Å². The molecule has 1 heterocycles. The molecule has 0 aliphatic heterocycles. The summed E-state index contributed by atoms with van der Waals surface area (Å²) in [4.78, 5) is 0. The van der Waals surface area contributed by atoms with Gasteiger partial charge >= 0.3 is 0 Å². The summed E-state index contributed by atoms with van der Waals surface area (Å²) in [5.41, 5.74) is 8.49. The Labute approximate surface area is 121 Å². The second-order valence-corrected chi connectivity index (χ2v) is 4.83. The third kappa shape index (κ3) is 2.60. The lowest BCUT2D eigenvalue weighted by Gasteiger charge is -2.08. The molecule has 5 nitrogen and oxygen atoms in total. The van der Waals surface area contributed by atoms with Crippen molar-refractivity contribution in [2.75, 3.05) is 5.73 Å². The maximum Gasteiger partial charge on any atom is 0.185 e. The molecule has 106 valence electrons. The van der Waals surface area contributed by atoms with Crippen molar-refractivity contribution < 1.29 is 4.39 Å². The van der Waals surface area contributed by atoms with Crippen LogP contribution in [0.15, 0.2) is 42.5 Å². The van der Waals surface area contributed by atoms with Gasteiger partial charge in [-0.2, -0.15) is 0 Å². The third-order valence-corrected chi connectivity index (χ3v) is 3.35. The minimum atomic E-state index is -0.434. The molecule has 21 heavy (non-hydrogen) atoms. The summed E-state index contributed by atoms with van der Waals surface area (Å²) in [5, 5.41) is 11.5. The smallest absolute Gasteiger partial charge is 0.185 e. The van der Waals surface area contributed by atoms with Gasteiger partial charge in [-0.15, -0.1) is 5.10 Å². The number of tetrazole rings is 1. The maximum absolute atomic E-state index is 14.0. The standard InChI is InChI=1S/C15H14FN5/c1-10-4-2-3-5-11(10)9-21-15(18-19-20-21)13-7-6-12(17)8-14(13)16/h2-8H,9,17H2,1H3. The number of aryl methyl sites for hydroxylation is 1. The minimum Gasteiger partial charge on any atom is -0.399 e. The van der Waals surface area contributed by atoms with Crippen molar-refractivity contribution >= 4 is 5.69 Å². The van der Waals surface area contributed by atoms with Crippen molar-refractivity contribution in [2.45, 2.75) is 13.5 Å². The Morgan fingerprint density at radius 1 is 1.19 bits per heavy atom. The van der Waals surface area contributed by atoms with Crippen LogP contribution in [-0.4, -0.2) is 20.2 Å². The Bertz CT molecular complexity index is 781. The zero-order valence-electron chi connectivity index (χ0n) is 11.5. The fraction of sp³-hybridized carbons (Fsp3) is 0.133. The lowest BCUT2D eigenvalue weighted by Crippen LogP contribution is -2.06. The van der Waals surface area contributed by atoms with Crippen molar-refractivity contribution in [3.05, 3.63) is 59.4 Å². The van der Waals surface area contributed by atoms with Crippen LogP contribution in [-0.2, 0) is 6.54 Å². The minimum absolute atomic E-state index is 0.336. The molecule has 6 heteroatoms. The van der Waals surface area contributed by atoms with Crippen LogP contribution in [0.1, 0.15) is 11.1 Å². The summed E-state index contributed by atoms with van der Waals surface area (Å²) >= 11 is 0. The van der Waals surface area contributed by atoms with Crippen LogP contribution in [0.3, 0.4) is 0 Å². The topological polar surface area (TPSA) is 69.6 Å².